The maximum atomic E-state index is 2.43. The topological polar surface area (TPSA) is 8.17 Å². The maximum absolute atomic E-state index is 2.43. The van der Waals surface area contributed by atoms with E-state index in [9.17, 15) is 0 Å². The van der Waals surface area contributed by atoms with Gasteiger partial charge in [0.25, 0.3) is 0 Å². The molecule has 0 amide bonds. The van der Waals surface area contributed by atoms with Gasteiger partial charge in [-0.25, -0.2) is 0 Å². The van der Waals surface area contributed by atoms with Crippen LogP contribution in [0, 0.1) is 0 Å². The van der Waals surface area contributed by atoms with Gasteiger partial charge in [0, 0.05) is 38.8 Å². The molecule has 1 aliphatic rings. The number of para-hydroxylation sites is 4. The minimum absolute atomic E-state index is 0.329. The first-order chi connectivity index (χ1) is 25.7. The molecule has 0 radical (unpaired) electrons. The van der Waals surface area contributed by atoms with Crippen molar-refractivity contribution < 1.29 is 0 Å². The molecule has 2 heteroatoms. The number of hydrogen-bond donors (Lipinski definition) is 0. The standard InChI is InChI=1S/C50H36N2/c1-50(44-27-13-8-22-38(44)39-23-9-14-28-45(39)50)46-29-15-10-24-40(46)41-25-11-16-30-47(41)51(35-18-4-2-5-19-35)37-32-33-43-42-26-12-17-31-48(42)52(49(43)34-37)36-20-6-3-7-21-36/h2-34H,1H3. The fourth-order valence-electron chi connectivity index (χ4n) is 8.75. The lowest BCUT2D eigenvalue weighted by Gasteiger charge is -2.33. The molecule has 2 nitrogen and oxygen atoms in total. The molecule has 0 spiro atoms. The third-order valence-corrected chi connectivity index (χ3v) is 11.1. The van der Waals surface area contributed by atoms with E-state index in [1.807, 2.05) is 0 Å². The number of benzene rings is 8. The van der Waals surface area contributed by atoms with Gasteiger partial charge in [-0.1, -0.05) is 152 Å². The van der Waals surface area contributed by atoms with Gasteiger partial charge in [-0.2, -0.15) is 0 Å². The molecule has 1 aromatic heterocycles. The first kappa shape index (κ1) is 30.2. The second-order valence-electron chi connectivity index (χ2n) is 13.8. The molecule has 0 bridgehead atoms. The molecule has 0 atom stereocenters. The smallest absolute Gasteiger partial charge is 0.0561 e. The fourth-order valence-corrected chi connectivity index (χ4v) is 8.75. The SMILES string of the molecule is CC1(c2ccccc2-c2ccccc2N(c2ccccc2)c2ccc3c4ccccc4n(-c4ccccc4)c3c2)c2ccccc2-c2ccccc21. The quantitative estimate of drug-likeness (QED) is 0.172. The van der Waals surface area contributed by atoms with E-state index in [-0.39, 0.29) is 5.41 Å². The van der Waals surface area contributed by atoms with E-state index in [1.165, 1.54) is 60.8 Å². The molecule has 246 valence electrons. The first-order valence-corrected chi connectivity index (χ1v) is 18.0. The molecule has 0 aliphatic heterocycles. The molecule has 52 heavy (non-hydrogen) atoms. The Morgan fingerprint density at radius 1 is 0.385 bits per heavy atom. The molecule has 0 unspecified atom stereocenters. The van der Waals surface area contributed by atoms with Crippen LogP contribution >= 0.6 is 0 Å². The molecule has 0 saturated carbocycles. The molecular weight excluding hydrogens is 629 g/mol. The van der Waals surface area contributed by atoms with Crippen LogP contribution in [-0.2, 0) is 5.41 Å². The Balaban J connectivity index is 1.22. The normalized spacial score (nSPS) is 12.9. The van der Waals surface area contributed by atoms with E-state index in [0.717, 1.165) is 22.7 Å². The lowest BCUT2D eigenvalue weighted by Crippen LogP contribution is -2.23. The van der Waals surface area contributed by atoms with Crippen molar-refractivity contribution in [2.24, 2.45) is 0 Å². The van der Waals surface area contributed by atoms with Crippen LogP contribution in [-0.4, -0.2) is 4.57 Å². The monoisotopic (exact) mass is 664 g/mol. The van der Waals surface area contributed by atoms with Crippen molar-refractivity contribution in [3.05, 3.63) is 217 Å². The van der Waals surface area contributed by atoms with E-state index in [2.05, 4.69) is 217 Å². The summed E-state index contributed by atoms with van der Waals surface area (Å²) in [5.74, 6) is 0. The number of hydrogen-bond acceptors (Lipinski definition) is 1. The van der Waals surface area contributed by atoms with E-state index in [1.54, 1.807) is 0 Å². The van der Waals surface area contributed by atoms with Crippen molar-refractivity contribution in [3.8, 4) is 27.9 Å². The predicted molar refractivity (Wildman–Crippen MR) is 218 cm³/mol. The van der Waals surface area contributed by atoms with Crippen LogP contribution in [0.2, 0.25) is 0 Å². The highest BCUT2D eigenvalue weighted by Crippen LogP contribution is 2.55. The molecule has 1 heterocycles. The average molecular weight is 665 g/mol. The van der Waals surface area contributed by atoms with Gasteiger partial charge in [-0.3, -0.25) is 0 Å². The molecule has 0 N–H and O–H groups in total. The summed E-state index contributed by atoms with van der Waals surface area (Å²) in [5.41, 5.74) is 15.6. The van der Waals surface area contributed by atoms with Crippen molar-refractivity contribution in [3.63, 3.8) is 0 Å². The van der Waals surface area contributed by atoms with Gasteiger partial charge in [-0.15, -0.1) is 0 Å². The zero-order valence-electron chi connectivity index (χ0n) is 28.9. The zero-order valence-corrected chi connectivity index (χ0v) is 28.9. The van der Waals surface area contributed by atoms with Crippen LogP contribution in [0.5, 0.6) is 0 Å². The summed E-state index contributed by atoms with van der Waals surface area (Å²) in [5, 5.41) is 2.49. The third-order valence-electron chi connectivity index (χ3n) is 11.1. The van der Waals surface area contributed by atoms with Crippen LogP contribution in [0.4, 0.5) is 17.1 Å². The highest BCUT2D eigenvalue weighted by molar-refractivity contribution is 6.10. The van der Waals surface area contributed by atoms with Crippen molar-refractivity contribution in [1.29, 1.82) is 0 Å². The Labute approximate surface area is 304 Å². The third kappa shape index (κ3) is 4.51. The van der Waals surface area contributed by atoms with Crippen LogP contribution in [0.1, 0.15) is 23.6 Å². The molecule has 0 fully saturated rings. The zero-order chi connectivity index (χ0) is 34.6. The van der Waals surface area contributed by atoms with Crippen molar-refractivity contribution >= 4 is 38.9 Å². The molecule has 10 rings (SSSR count). The number of aromatic nitrogens is 1. The predicted octanol–water partition coefficient (Wildman–Crippen LogP) is 13.3. The van der Waals surface area contributed by atoms with Gasteiger partial charge in [0.2, 0.25) is 0 Å². The molecule has 8 aromatic carbocycles. The first-order valence-electron chi connectivity index (χ1n) is 18.0. The fraction of sp³-hybridized carbons (Fsp3) is 0.0400. The summed E-state index contributed by atoms with van der Waals surface area (Å²) in [6, 6.07) is 72.9. The number of fused-ring (bicyclic) bond motifs is 6. The van der Waals surface area contributed by atoms with Gasteiger partial charge in [0.1, 0.15) is 0 Å². The van der Waals surface area contributed by atoms with Gasteiger partial charge < -0.3 is 9.47 Å². The Hall–Kier alpha value is -6.64. The van der Waals surface area contributed by atoms with Crippen molar-refractivity contribution in [1.82, 2.24) is 4.57 Å². The Morgan fingerprint density at radius 3 is 1.52 bits per heavy atom. The summed E-state index contributed by atoms with van der Waals surface area (Å²) in [4.78, 5) is 2.43. The summed E-state index contributed by atoms with van der Waals surface area (Å²) in [6.45, 7) is 2.41. The van der Waals surface area contributed by atoms with Gasteiger partial charge >= 0.3 is 0 Å². The Morgan fingerprint density at radius 2 is 0.865 bits per heavy atom. The van der Waals surface area contributed by atoms with Crippen LogP contribution in [0.25, 0.3) is 49.7 Å². The van der Waals surface area contributed by atoms with Gasteiger partial charge in [-0.05, 0) is 88.8 Å². The second-order valence-corrected chi connectivity index (χ2v) is 13.8. The molecule has 9 aromatic rings. The number of nitrogens with zero attached hydrogens (tertiary/aromatic N) is 2. The van der Waals surface area contributed by atoms with Crippen LogP contribution < -0.4 is 4.90 Å². The molecular formula is C50H36N2. The second kappa shape index (κ2) is 12.0. The van der Waals surface area contributed by atoms with Crippen molar-refractivity contribution in [2.75, 3.05) is 4.90 Å². The molecule has 0 saturated heterocycles. The Bertz CT molecular complexity index is 2710. The summed E-state index contributed by atoms with van der Waals surface area (Å²) in [6.07, 6.45) is 0. The van der Waals surface area contributed by atoms with Crippen LogP contribution in [0.15, 0.2) is 200 Å². The minimum atomic E-state index is -0.329. The summed E-state index contributed by atoms with van der Waals surface area (Å²) in [7, 11) is 0. The Kier molecular flexibility index (Phi) is 6.97. The lowest BCUT2D eigenvalue weighted by atomic mass is 9.71. The van der Waals surface area contributed by atoms with Gasteiger partial charge in [0.05, 0.1) is 16.7 Å². The van der Waals surface area contributed by atoms with E-state index >= 15 is 0 Å². The van der Waals surface area contributed by atoms with Crippen LogP contribution in [0.3, 0.4) is 0 Å². The van der Waals surface area contributed by atoms with Crippen molar-refractivity contribution in [2.45, 2.75) is 12.3 Å². The lowest BCUT2D eigenvalue weighted by molar-refractivity contribution is 0.716. The largest absolute Gasteiger partial charge is 0.310 e. The maximum Gasteiger partial charge on any atom is 0.0561 e. The number of anilines is 3. The molecule has 1 aliphatic carbocycles. The minimum Gasteiger partial charge on any atom is -0.310 e. The van der Waals surface area contributed by atoms with E-state index in [0.29, 0.717) is 0 Å². The highest BCUT2D eigenvalue weighted by atomic mass is 15.1. The average Bonchev–Trinajstić information content (AvgIpc) is 3.69. The number of rotatable bonds is 6. The summed E-state index contributed by atoms with van der Waals surface area (Å²) < 4.78 is 2.40. The van der Waals surface area contributed by atoms with Gasteiger partial charge in [0.15, 0.2) is 0 Å². The van der Waals surface area contributed by atoms with E-state index < -0.39 is 0 Å². The summed E-state index contributed by atoms with van der Waals surface area (Å²) >= 11 is 0. The van der Waals surface area contributed by atoms with E-state index in [4.69, 9.17) is 0 Å². The highest BCUT2D eigenvalue weighted by Gasteiger charge is 2.42.